The molecule has 1 unspecified atom stereocenters. The summed E-state index contributed by atoms with van der Waals surface area (Å²) in [5, 5.41) is 7.84. The van der Waals surface area contributed by atoms with Crippen LogP contribution >= 0.6 is 12.2 Å². The molecule has 0 spiro atoms. The second-order valence-corrected chi connectivity index (χ2v) is 9.41. The highest BCUT2D eigenvalue weighted by Gasteiger charge is 2.26. The van der Waals surface area contributed by atoms with E-state index in [2.05, 4.69) is 55.9 Å². The van der Waals surface area contributed by atoms with Crippen LogP contribution in [0.25, 0.3) is 11.4 Å². The molecule has 4 aromatic rings. The molecule has 1 aliphatic rings. The fourth-order valence-corrected chi connectivity index (χ4v) is 4.99. The van der Waals surface area contributed by atoms with E-state index in [0.29, 0.717) is 17.3 Å². The van der Waals surface area contributed by atoms with Crippen LogP contribution in [0, 0.1) is 10.7 Å². The molecule has 2 aromatic heterocycles. The Hall–Kier alpha value is -3.69. The summed E-state index contributed by atoms with van der Waals surface area (Å²) in [7, 11) is 0. The van der Waals surface area contributed by atoms with Crippen molar-refractivity contribution >= 4 is 23.9 Å². The predicted molar refractivity (Wildman–Crippen MR) is 142 cm³/mol. The summed E-state index contributed by atoms with van der Waals surface area (Å²) in [6.45, 7) is 4.33. The van der Waals surface area contributed by atoms with Crippen LogP contribution in [-0.4, -0.2) is 48.2 Å². The van der Waals surface area contributed by atoms with E-state index in [-0.39, 0.29) is 17.9 Å². The molecule has 1 atom stereocenters. The molecule has 0 aliphatic carbocycles. The van der Waals surface area contributed by atoms with E-state index in [9.17, 15) is 4.79 Å². The lowest BCUT2D eigenvalue weighted by Crippen LogP contribution is -2.39. The highest BCUT2D eigenvalue weighted by Crippen LogP contribution is 2.27. The van der Waals surface area contributed by atoms with Crippen LogP contribution < -0.4 is 5.32 Å². The van der Waals surface area contributed by atoms with Gasteiger partial charge in [0.15, 0.2) is 16.4 Å². The number of carbonyl (C=O) groups is 1. The van der Waals surface area contributed by atoms with Crippen LogP contribution in [0.3, 0.4) is 0 Å². The van der Waals surface area contributed by atoms with Gasteiger partial charge in [-0.2, -0.15) is 5.10 Å². The third kappa shape index (κ3) is 5.27. The number of piperidine rings is 1. The van der Waals surface area contributed by atoms with Crippen LogP contribution in [0.5, 0.6) is 0 Å². The maximum atomic E-state index is 12.7. The largest absolute Gasteiger partial charge is 0.309 e. The van der Waals surface area contributed by atoms with E-state index in [1.54, 1.807) is 18.6 Å². The molecule has 5 rings (SSSR count). The molecule has 36 heavy (non-hydrogen) atoms. The first-order chi connectivity index (χ1) is 17.6. The van der Waals surface area contributed by atoms with Crippen molar-refractivity contribution in [3.63, 3.8) is 0 Å². The van der Waals surface area contributed by atoms with E-state index < -0.39 is 0 Å². The minimum Gasteiger partial charge on any atom is -0.309 e. The molecule has 0 bridgehead atoms. The number of anilines is 1. The van der Waals surface area contributed by atoms with E-state index in [1.807, 2.05) is 41.1 Å². The molecule has 3 heterocycles. The highest BCUT2D eigenvalue weighted by molar-refractivity contribution is 7.71. The van der Waals surface area contributed by atoms with Gasteiger partial charge >= 0.3 is 0 Å². The molecule has 1 aliphatic heterocycles. The number of hydrogen-bond donors (Lipinski definition) is 1. The van der Waals surface area contributed by atoms with Crippen molar-refractivity contribution in [2.24, 2.45) is 5.92 Å². The number of hydrogen-bond acceptors (Lipinski definition) is 6. The second-order valence-electron chi connectivity index (χ2n) is 9.04. The van der Waals surface area contributed by atoms with Gasteiger partial charge in [0.1, 0.15) is 0 Å². The Morgan fingerprint density at radius 3 is 2.42 bits per heavy atom. The van der Waals surface area contributed by atoms with Gasteiger partial charge in [-0.1, -0.05) is 60.7 Å². The van der Waals surface area contributed by atoms with Gasteiger partial charge in [-0.3, -0.25) is 19.2 Å². The highest BCUT2D eigenvalue weighted by atomic mass is 32.1. The van der Waals surface area contributed by atoms with Gasteiger partial charge in [0.25, 0.3) is 0 Å². The molecule has 1 saturated heterocycles. The lowest BCUT2D eigenvalue weighted by Gasteiger charge is -2.30. The standard InChI is InChI=1S/C27H29N7OS/c1-20(21-8-4-2-5-9-21)34-25(22-10-6-3-7-11-22)31-33(27(34)36)19-32-16-12-23(13-17-32)26(35)30-24-18-28-14-15-29-24/h2-11,14-15,18,20,23H,12-13,16-17,19H2,1H3,(H,29,30,35). The smallest absolute Gasteiger partial charge is 0.228 e. The minimum atomic E-state index is -0.0493. The SMILES string of the molecule is CC(c1ccccc1)n1c(-c2ccccc2)nn(CN2CCC(C(=O)Nc3cnccn3)CC2)c1=S. The maximum Gasteiger partial charge on any atom is 0.228 e. The Bertz CT molecular complexity index is 1350. The summed E-state index contributed by atoms with van der Waals surface area (Å²) < 4.78 is 4.74. The van der Waals surface area contributed by atoms with Gasteiger partial charge in [-0.25, -0.2) is 9.67 Å². The molecule has 2 aromatic carbocycles. The van der Waals surface area contributed by atoms with Crippen LogP contribution in [0.1, 0.15) is 31.4 Å². The first kappa shape index (κ1) is 24.0. The second kappa shape index (κ2) is 10.9. The molecular weight excluding hydrogens is 470 g/mol. The third-order valence-electron chi connectivity index (χ3n) is 6.68. The summed E-state index contributed by atoms with van der Waals surface area (Å²) in [4.78, 5) is 23.1. The van der Waals surface area contributed by atoms with Crippen LogP contribution in [0.4, 0.5) is 5.82 Å². The predicted octanol–water partition coefficient (Wildman–Crippen LogP) is 4.79. The first-order valence-corrected chi connectivity index (χ1v) is 12.6. The van der Waals surface area contributed by atoms with Crippen molar-refractivity contribution < 1.29 is 4.79 Å². The average molecular weight is 500 g/mol. The summed E-state index contributed by atoms with van der Waals surface area (Å²) in [5.41, 5.74) is 2.21. The molecule has 184 valence electrons. The van der Waals surface area contributed by atoms with E-state index in [4.69, 9.17) is 17.3 Å². The quantitative estimate of drug-likeness (QED) is 0.368. The summed E-state index contributed by atoms with van der Waals surface area (Å²) in [6.07, 6.45) is 6.26. The molecule has 9 heteroatoms. The van der Waals surface area contributed by atoms with Gasteiger partial charge in [-0.15, -0.1) is 0 Å². The van der Waals surface area contributed by atoms with Crippen molar-refractivity contribution in [3.8, 4) is 11.4 Å². The van der Waals surface area contributed by atoms with Gasteiger partial charge in [0, 0.05) is 37.0 Å². The van der Waals surface area contributed by atoms with Gasteiger partial charge < -0.3 is 5.32 Å². The normalized spacial score (nSPS) is 15.5. The number of aromatic nitrogens is 5. The molecule has 1 fully saturated rings. The Morgan fingerprint density at radius 1 is 1.06 bits per heavy atom. The summed E-state index contributed by atoms with van der Waals surface area (Å²) in [6, 6.07) is 20.6. The Morgan fingerprint density at radius 2 is 1.75 bits per heavy atom. The molecule has 1 amide bonds. The van der Waals surface area contributed by atoms with E-state index in [0.717, 1.165) is 37.3 Å². The molecule has 0 radical (unpaired) electrons. The van der Waals surface area contributed by atoms with E-state index in [1.165, 1.54) is 5.56 Å². The van der Waals surface area contributed by atoms with Crippen molar-refractivity contribution in [2.75, 3.05) is 18.4 Å². The number of likely N-dealkylation sites (tertiary alicyclic amines) is 1. The van der Waals surface area contributed by atoms with Crippen LogP contribution in [0.2, 0.25) is 0 Å². The zero-order valence-electron chi connectivity index (χ0n) is 20.2. The summed E-state index contributed by atoms with van der Waals surface area (Å²) in [5.74, 6) is 1.30. The van der Waals surface area contributed by atoms with Crippen molar-refractivity contribution in [3.05, 3.63) is 89.6 Å². The monoisotopic (exact) mass is 499 g/mol. The average Bonchev–Trinajstić information content (AvgIpc) is 3.25. The van der Waals surface area contributed by atoms with E-state index >= 15 is 0 Å². The number of nitrogens with zero attached hydrogens (tertiary/aromatic N) is 6. The van der Waals surface area contributed by atoms with Crippen molar-refractivity contribution in [1.82, 2.24) is 29.2 Å². The Kier molecular flexibility index (Phi) is 7.29. The number of carbonyl (C=O) groups excluding carboxylic acids is 1. The number of nitrogens with one attached hydrogen (secondary N) is 1. The number of benzene rings is 2. The van der Waals surface area contributed by atoms with Gasteiger partial charge in [0.2, 0.25) is 5.91 Å². The van der Waals surface area contributed by atoms with Gasteiger partial charge in [-0.05, 0) is 37.5 Å². The molecule has 1 N–H and O–H groups in total. The Labute approximate surface area is 215 Å². The summed E-state index contributed by atoms with van der Waals surface area (Å²) >= 11 is 5.95. The zero-order chi connectivity index (χ0) is 24.9. The lowest BCUT2D eigenvalue weighted by atomic mass is 9.96. The first-order valence-electron chi connectivity index (χ1n) is 12.2. The van der Waals surface area contributed by atoms with Crippen LogP contribution in [0.15, 0.2) is 79.3 Å². The van der Waals surface area contributed by atoms with Crippen molar-refractivity contribution in [2.45, 2.75) is 32.5 Å². The van der Waals surface area contributed by atoms with Gasteiger partial charge in [0.05, 0.1) is 18.9 Å². The minimum absolute atomic E-state index is 0.000843. The maximum absolute atomic E-state index is 12.7. The fourth-order valence-electron chi connectivity index (χ4n) is 4.64. The number of rotatable bonds is 7. The van der Waals surface area contributed by atoms with Crippen molar-refractivity contribution in [1.29, 1.82) is 0 Å². The molecular formula is C27H29N7OS. The topological polar surface area (TPSA) is 80.9 Å². The number of amides is 1. The third-order valence-corrected chi connectivity index (χ3v) is 7.09. The van der Waals surface area contributed by atoms with Crippen LogP contribution in [-0.2, 0) is 11.5 Å². The Balaban J connectivity index is 1.32. The molecule has 8 nitrogen and oxygen atoms in total. The lowest BCUT2D eigenvalue weighted by molar-refractivity contribution is -0.121. The molecule has 0 saturated carbocycles. The fraction of sp³-hybridized carbons (Fsp3) is 0.296. The zero-order valence-corrected chi connectivity index (χ0v) is 21.0.